The van der Waals surface area contributed by atoms with E-state index < -0.39 is 13.9 Å². The van der Waals surface area contributed by atoms with Crippen molar-refractivity contribution in [1.29, 1.82) is 0 Å². The van der Waals surface area contributed by atoms with Gasteiger partial charge in [-0.1, -0.05) is 81.4 Å². The Morgan fingerprint density at radius 2 is 1.58 bits per heavy atom. The second-order valence-electron chi connectivity index (χ2n) is 13.3. The average Bonchev–Trinajstić information content (AvgIpc) is 3.44. The summed E-state index contributed by atoms with van der Waals surface area (Å²) in [5, 5.41) is 3.70. The first-order chi connectivity index (χ1) is 21.1. The van der Waals surface area contributed by atoms with Gasteiger partial charge in [0.25, 0.3) is 0 Å². The van der Waals surface area contributed by atoms with Crippen molar-refractivity contribution in [2.75, 3.05) is 20.7 Å². The number of carbonyl (C=O) groups excluding carboxylic acids is 2. The first-order valence-electron chi connectivity index (χ1n) is 15.4. The molecule has 0 aromatic heterocycles. The van der Waals surface area contributed by atoms with Gasteiger partial charge in [0, 0.05) is 32.6 Å². The van der Waals surface area contributed by atoms with Gasteiger partial charge in [0.15, 0.2) is 8.32 Å². The van der Waals surface area contributed by atoms with Crippen LogP contribution in [0.1, 0.15) is 63.3 Å². The topological polar surface area (TPSA) is 77.1 Å². The molecule has 1 saturated heterocycles. The van der Waals surface area contributed by atoms with Gasteiger partial charge in [-0.3, -0.25) is 14.9 Å². The highest BCUT2D eigenvalue weighted by atomic mass is 28.4. The molecule has 1 N–H and O–H groups in total. The number of carbonyl (C=O) groups is 2. The highest BCUT2D eigenvalue weighted by molar-refractivity contribution is 6.74. The third-order valence-electron chi connectivity index (χ3n) is 8.53. The van der Waals surface area contributed by atoms with Crippen molar-refractivity contribution < 1.29 is 27.9 Å². The van der Waals surface area contributed by atoms with E-state index in [9.17, 15) is 14.0 Å². The van der Waals surface area contributed by atoms with Gasteiger partial charge < -0.3 is 18.8 Å². The van der Waals surface area contributed by atoms with E-state index >= 15 is 0 Å². The van der Waals surface area contributed by atoms with Crippen LogP contribution < -0.4 is 10.1 Å². The van der Waals surface area contributed by atoms with Crippen molar-refractivity contribution >= 4 is 20.2 Å². The summed E-state index contributed by atoms with van der Waals surface area (Å²) in [4.78, 5) is 25.3. The highest BCUT2D eigenvalue weighted by Gasteiger charge is 2.48. The average molecular weight is 637 g/mol. The molecule has 3 aromatic rings. The van der Waals surface area contributed by atoms with Crippen molar-refractivity contribution in [3.05, 3.63) is 101 Å². The van der Waals surface area contributed by atoms with Crippen molar-refractivity contribution in [3.8, 4) is 5.75 Å². The van der Waals surface area contributed by atoms with E-state index in [1.54, 1.807) is 37.2 Å². The number of likely N-dealkylation sites (N-methyl/N-ethyl adjacent to an activating group) is 1. The zero-order chi connectivity index (χ0) is 33.3. The lowest BCUT2D eigenvalue weighted by Crippen LogP contribution is -2.58. The maximum absolute atomic E-state index is 13.8. The highest BCUT2D eigenvalue weighted by Crippen LogP contribution is 2.40. The van der Waals surface area contributed by atoms with Crippen LogP contribution in [0, 0.1) is 5.82 Å². The minimum absolute atomic E-state index is 0.0486. The van der Waals surface area contributed by atoms with E-state index in [0.29, 0.717) is 24.5 Å². The van der Waals surface area contributed by atoms with Gasteiger partial charge in [0.05, 0.1) is 6.61 Å². The lowest BCUT2D eigenvalue weighted by molar-refractivity contribution is -0.142. The minimum Gasteiger partial charge on any atom is -0.489 e. The first kappa shape index (κ1) is 35.9. The van der Waals surface area contributed by atoms with Crippen LogP contribution in [0.5, 0.6) is 5.75 Å². The predicted molar refractivity (Wildman–Crippen MR) is 179 cm³/mol. The van der Waals surface area contributed by atoms with Crippen LogP contribution in [0.4, 0.5) is 4.39 Å². The summed E-state index contributed by atoms with van der Waals surface area (Å²) in [5.74, 6) is 0.227. The largest absolute Gasteiger partial charge is 0.489 e. The van der Waals surface area contributed by atoms with Crippen LogP contribution in [-0.2, 0) is 32.0 Å². The fourth-order valence-corrected chi connectivity index (χ4v) is 5.78. The second kappa shape index (κ2) is 15.6. The molecule has 1 aliphatic rings. The number of esters is 1. The maximum atomic E-state index is 13.8. The molecule has 0 unspecified atom stereocenters. The molecule has 0 spiro atoms. The molecular formula is C36H49FN2O5Si. The number of hydrogen-bond donors (Lipinski definition) is 1. The van der Waals surface area contributed by atoms with Crippen molar-refractivity contribution in [1.82, 2.24) is 10.2 Å². The minimum atomic E-state index is -2.00. The number of nitrogens with one attached hydrogen (secondary N) is 1. The van der Waals surface area contributed by atoms with Crippen molar-refractivity contribution in [2.24, 2.45) is 0 Å². The number of amides is 1. The molecule has 0 radical (unpaired) electrons. The quantitative estimate of drug-likeness (QED) is 0.184. The molecule has 0 bridgehead atoms. The standard InChI is InChI=1S/C27H39FN2O3Si.C9H10O2/c1-26(2,3)34(6,7)33-19-27(25(31)30(4)5)17-16-24(29-27)20-12-14-22(15-13-20)32-18-21-10-8-9-11-23(21)28;1-8(10)11-7-9-5-3-2-4-6-9/h8-15,24,29H,16-19H2,1-7H3;2-6H,7H2,1H3/t24-,27-;/m1./s1. The molecule has 244 valence electrons. The molecule has 1 amide bonds. The van der Waals surface area contributed by atoms with Gasteiger partial charge in [-0.25, -0.2) is 4.39 Å². The molecule has 0 saturated carbocycles. The number of hydrogen-bond acceptors (Lipinski definition) is 6. The number of benzene rings is 3. The Kier molecular flexibility index (Phi) is 12.5. The first-order valence-corrected chi connectivity index (χ1v) is 18.3. The van der Waals surface area contributed by atoms with E-state index in [4.69, 9.17) is 13.9 Å². The van der Waals surface area contributed by atoms with Gasteiger partial charge in [-0.15, -0.1) is 0 Å². The second-order valence-corrected chi connectivity index (χ2v) is 18.1. The SMILES string of the molecule is CC(=O)OCc1ccccc1.CN(C)C(=O)[C@]1(CO[Si](C)(C)C(C)(C)C)CC[C@H](c2ccc(OCc3ccccc3F)cc2)N1. The molecule has 7 nitrogen and oxygen atoms in total. The fourth-order valence-electron chi connectivity index (χ4n) is 4.74. The summed E-state index contributed by atoms with van der Waals surface area (Å²) in [5.41, 5.74) is 1.91. The molecule has 3 aromatic carbocycles. The predicted octanol–water partition coefficient (Wildman–Crippen LogP) is 7.43. The Morgan fingerprint density at radius 1 is 0.956 bits per heavy atom. The van der Waals surface area contributed by atoms with Crippen molar-refractivity contribution in [2.45, 2.75) is 83.5 Å². The van der Waals surface area contributed by atoms with Gasteiger partial charge in [0.1, 0.15) is 30.3 Å². The van der Waals surface area contributed by atoms with E-state index in [0.717, 1.165) is 24.0 Å². The van der Waals surface area contributed by atoms with Gasteiger partial charge in [-0.2, -0.15) is 0 Å². The Bertz CT molecular complexity index is 1390. The van der Waals surface area contributed by atoms with Gasteiger partial charge in [-0.05, 0) is 60.3 Å². The van der Waals surface area contributed by atoms with Gasteiger partial charge >= 0.3 is 5.97 Å². The number of rotatable bonds is 10. The summed E-state index contributed by atoms with van der Waals surface area (Å²) in [6.07, 6.45) is 1.56. The van der Waals surface area contributed by atoms with E-state index in [1.165, 1.54) is 13.0 Å². The molecule has 1 aliphatic heterocycles. The third kappa shape index (κ3) is 10.2. The number of ether oxygens (including phenoxy) is 2. The summed E-state index contributed by atoms with van der Waals surface area (Å²) in [7, 11) is 1.59. The molecule has 1 heterocycles. The van der Waals surface area contributed by atoms with E-state index in [1.807, 2.05) is 54.6 Å². The normalized spacial score (nSPS) is 18.0. The van der Waals surface area contributed by atoms with E-state index in [2.05, 4.69) is 39.2 Å². The molecule has 1 fully saturated rings. The van der Waals surface area contributed by atoms with Crippen LogP contribution >= 0.6 is 0 Å². The van der Waals surface area contributed by atoms with E-state index in [-0.39, 0.29) is 35.4 Å². The summed E-state index contributed by atoms with van der Waals surface area (Å²) in [6.45, 7) is 13.4. The zero-order valence-corrected chi connectivity index (χ0v) is 29.0. The smallest absolute Gasteiger partial charge is 0.302 e. The fraction of sp³-hybridized carbons (Fsp3) is 0.444. The molecule has 9 heteroatoms. The molecule has 2 atom stereocenters. The summed E-state index contributed by atoms with van der Waals surface area (Å²) >= 11 is 0. The Labute approximate surface area is 269 Å². The molecule has 4 rings (SSSR count). The Morgan fingerprint density at radius 3 is 2.16 bits per heavy atom. The van der Waals surface area contributed by atoms with Crippen molar-refractivity contribution in [3.63, 3.8) is 0 Å². The Balaban J connectivity index is 0.000000423. The summed E-state index contributed by atoms with van der Waals surface area (Å²) < 4.78 is 30.9. The monoisotopic (exact) mass is 636 g/mol. The molecule has 45 heavy (non-hydrogen) atoms. The van der Waals surface area contributed by atoms with Crippen LogP contribution in [0.15, 0.2) is 78.9 Å². The lowest BCUT2D eigenvalue weighted by Gasteiger charge is -2.40. The van der Waals surface area contributed by atoms with Crippen LogP contribution in [0.25, 0.3) is 0 Å². The van der Waals surface area contributed by atoms with Crippen LogP contribution in [0.2, 0.25) is 18.1 Å². The molecule has 0 aliphatic carbocycles. The lowest BCUT2D eigenvalue weighted by atomic mass is 9.97. The molecular weight excluding hydrogens is 587 g/mol. The number of nitrogens with zero attached hydrogens (tertiary/aromatic N) is 1. The zero-order valence-electron chi connectivity index (χ0n) is 28.0. The van der Waals surface area contributed by atoms with Gasteiger partial charge in [0.2, 0.25) is 5.91 Å². The summed E-state index contributed by atoms with van der Waals surface area (Å²) in [6, 6.07) is 24.1. The third-order valence-corrected chi connectivity index (χ3v) is 13.0. The van der Waals surface area contributed by atoms with Crippen LogP contribution in [-0.4, -0.2) is 51.3 Å². The Hall–Kier alpha value is -3.53. The maximum Gasteiger partial charge on any atom is 0.302 e. The van der Waals surface area contributed by atoms with Crippen LogP contribution in [0.3, 0.4) is 0 Å². The number of halogens is 1.